The zero-order chi connectivity index (χ0) is 20.1. The van der Waals surface area contributed by atoms with Crippen molar-refractivity contribution < 1.29 is 0 Å². The minimum absolute atomic E-state index is 0.476. The second kappa shape index (κ2) is 9.49. The first-order valence-corrected chi connectivity index (χ1v) is 11.3. The van der Waals surface area contributed by atoms with E-state index in [1.54, 1.807) is 11.8 Å². The molecular formula is C20H28N8S. The SMILES string of the molecule is CCSc1nnc(C2CCN(Cc3nnnn3CCc3ccccc3)CC2)n1C. The molecule has 0 saturated carbocycles. The van der Waals surface area contributed by atoms with E-state index in [0.29, 0.717) is 5.92 Å². The van der Waals surface area contributed by atoms with Gasteiger partial charge in [0, 0.05) is 19.5 Å². The Balaban J connectivity index is 1.31. The van der Waals surface area contributed by atoms with Crippen molar-refractivity contribution in [2.45, 2.75) is 50.4 Å². The lowest BCUT2D eigenvalue weighted by Crippen LogP contribution is -2.34. The number of tetrazole rings is 1. The van der Waals surface area contributed by atoms with E-state index in [2.05, 4.69) is 73.4 Å². The van der Waals surface area contributed by atoms with Crippen LogP contribution in [0.4, 0.5) is 0 Å². The van der Waals surface area contributed by atoms with Crippen LogP contribution in [-0.4, -0.2) is 58.7 Å². The van der Waals surface area contributed by atoms with Gasteiger partial charge in [-0.1, -0.05) is 49.0 Å². The van der Waals surface area contributed by atoms with E-state index in [9.17, 15) is 0 Å². The van der Waals surface area contributed by atoms with Crippen molar-refractivity contribution in [3.8, 4) is 0 Å². The number of likely N-dealkylation sites (tertiary alicyclic amines) is 1. The molecule has 1 saturated heterocycles. The standard InChI is InChI=1S/C20H28N8S/c1-3-29-20-23-22-19(26(20)2)17-10-12-27(13-11-17)15-18-21-24-25-28(18)14-9-16-7-5-4-6-8-16/h4-8,17H,3,9-15H2,1-2H3. The summed E-state index contributed by atoms with van der Waals surface area (Å²) in [4.78, 5) is 2.44. The second-order valence-electron chi connectivity index (χ2n) is 7.44. The zero-order valence-electron chi connectivity index (χ0n) is 17.1. The molecular weight excluding hydrogens is 384 g/mol. The van der Waals surface area contributed by atoms with Gasteiger partial charge in [0.25, 0.3) is 0 Å². The highest BCUT2D eigenvalue weighted by atomic mass is 32.2. The van der Waals surface area contributed by atoms with Gasteiger partial charge >= 0.3 is 0 Å². The van der Waals surface area contributed by atoms with Crippen LogP contribution in [0.5, 0.6) is 0 Å². The molecule has 1 fully saturated rings. The third-order valence-electron chi connectivity index (χ3n) is 5.52. The molecule has 3 aromatic rings. The number of aryl methyl sites for hydroxylation is 2. The van der Waals surface area contributed by atoms with Gasteiger partial charge in [0.2, 0.25) is 0 Å². The molecule has 9 heteroatoms. The maximum absolute atomic E-state index is 4.46. The number of aromatic nitrogens is 7. The summed E-state index contributed by atoms with van der Waals surface area (Å²) in [5.41, 5.74) is 1.30. The smallest absolute Gasteiger partial charge is 0.190 e. The Morgan fingerprint density at radius 2 is 1.86 bits per heavy atom. The van der Waals surface area contributed by atoms with E-state index in [1.807, 2.05) is 10.7 Å². The maximum Gasteiger partial charge on any atom is 0.190 e. The average Bonchev–Trinajstić information content (AvgIpc) is 3.35. The van der Waals surface area contributed by atoms with Gasteiger partial charge in [-0.2, -0.15) is 0 Å². The lowest BCUT2D eigenvalue weighted by molar-refractivity contribution is 0.193. The van der Waals surface area contributed by atoms with Crippen molar-refractivity contribution >= 4 is 11.8 Å². The minimum atomic E-state index is 0.476. The van der Waals surface area contributed by atoms with Crippen LogP contribution in [0.25, 0.3) is 0 Å². The fraction of sp³-hybridized carbons (Fsp3) is 0.550. The molecule has 0 unspecified atom stereocenters. The van der Waals surface area contributed by atoms with Crippen LogP contribution in [0.2, 0.25) is 0 Å². The Morgan fingerprint density at radius 3 is 2.62 bits per heavy atom. The van der Waals surface area contributed by atoms with E-state index in [-0.39, 0.29) is 0 Å². The molecule has 3 heterocycles. The van der Waals surface area contributed by atoms with Crippen LogP contribution >= 0.6 is 11.8 Å². The highest BCUT2D eigenvalue weighted by molar-refractivity contribution is 7.99. The van der Waals surface area contributed by atoms with Gasteiger partial charge in [-0.15, -0.1) is 15.3 Å². The maximum atomic E-state index is 4.46. The molecule has 1 aromatic carbocycles. The van der Waals surface area contributed by atoms with Gasteiger partial charge < -0.3 is 4.57 Å². The molecule has 2 aromatic heterocycles. The van der Waals surface area contributed by atoms with Crippen LogP contribution in [0.3, 0.4) is 0 Å². The first-order chi connectivity index (χ1) is 14.2. The summed E-state index contributed by atoms with van der Waals surface area (Å²) < 4.78 is 4.11. The summed E-state index contributed by atoms with van der Waals surface area (Å²) in [6.45, 7) is 5.80. The van der Waals surface area contributed by atoms with Gasteiger partial charge in [-0.05, 0) is 54.1 Å². The van der Waals surface area contributed by atoms with Crippen molar-refractivity contribution in [1.82, 2.24) is 39.9 Å². The van der Waals surface area contributed by atoms with E-state index in [4.69, 9.17) is 0 Å². The molecule has 29 heavy (non-hydrogen) atoms. The first kappa shape index (κ1) is 20.0. The summed E-state index contributed by atoms with van der Waals surface area (Å²) in [6, 6.07) is 10.5. The molecule has 0 bridgehead atoms. The molecule has 8 nitrogen and oxygen atoms in total. The third kappa shape index (κ3) is 4.84. The van der Waals surface area contributed by atoms with Crippen molar-refractivity contribution in [2.24, 2.45) is 7.05 Å². The molecule has 0 spiro atoms. The van der Waals surface area contributed by atoms with E-state index in [0.717, 1.165) is 68.0 Å². The monoisotopic (exact) mass is 412 g/mol. The van der Waals surface area contributed by atoms with Gasteiger partial charge in [0.1, 0.15) is 5.82 Å². The Kier molecular flexibility index (Phi) is 6.56. The normalized spacial score (nSPS) is 15.8. The summed E-state index contributed by atoms with van der Waals surface area (Å²) in [7, 11) is 2.08. The largest absolute Gasteiger partial charge is 0.309 e. The summed E-state index contributed by atoms with van der Waals surface area (Å²) >= 11 is 1.75. The van der Waals surface area contributed by atoms with E-state index < -0.39 is 0 Å². The Morgan fingerprint density at radius 1 is 1.07 bits per heavy atom. The van der Waals surface area contributed by atoms with Crippen molar-refractivity contribution in [1.29, 1.82) is 0 Å². The third-order valence-corrected chi connectivity index (χ3v) is 6.42. The molecule has 4 rings (SSSR count). The van der Waals surface area contributed by atoms with Crippen LogP contribution in [0.15, 0.2) is 35.5 Å². The van der Waals surface area contributed by atoms with E-state index in [1.165, 1.54) is 5.56 Å². The zero-order valence-corrected chi connectivity index (χ0v) is 17.9. The molecule has 0 N–H and O–H groups in total. The van der Waals surface area contributed by atoms with Crippen LogP contribution in [0, 0.1) is 0 Å². The van der Waals surface area contributed by atoms with Crippen LogP contribution in [0.1, 0.15) is 42.9 Å². The number of hydrogen-bond acceptors (Lipinski definition) is 7. The highest BCUT2D eigenvalue weighted by Gasteiger charge is 2.26. The molecule has 0 radical (unpaired) electrons. The number of piperidine rings is 1. The summed E-state index contributed by atoms with van der Waals surface area (Å²) in [5.74, 6) is 3.56. The van der Waals surface area contributed by atoms with Gasteiger partial charge in [-0.25, -0.2) is 4.68 Å². The Labute approximate surface area is 175 Å². The Bertz CT molecular complexity index is 898. The average molecular weight is 413 g/mol. The fourth-order valence-electron chi connectivity index (χ4n) is 3.88. The summed E-state index contributed by atoms with van der Waals surface area (Å²) in [5, 5.41) is 22.2. The molecule has 0 amide bonds. The molecule has 1 aliphatic rings. The molecule has 1 aliphatic heterocycles. The van der Waals surface area contributed by atoms with Crippen LogP contribution in [-0.2, 0) is 26.6 Å². The molecule has 0 aliphatic carbocycles. The Hall–Kier alpha value is -2.26. The number of benzene rings is 1. The van der Waals surface area contributed by atoms with Crippen molar-refractivity contribution in [2.75, 3.05) is 18.8 Å². The van der Waals surface area contributed by atoms with Gasteiger partial charge in [0.15, 0.2) is 11.0 Å². The predicted molar refractivity (Wildman–Crippen MR) is 113 cm³/mol. The van der Waals surface area contributed by atoms with Crippen molar-refractivity contribution in [3.05, 3.63) is 47.5 Å². The number of thioether (sulfide) groups is 1. The van der Waals surface area contributed by atoms with Gasteiger partial charge in [-0.3, -0.25) is 4.90 Å². The first-order valence-electron chi connectivity index (χ1n) is 10.3. The summed E-state index contributed by atoms with van der Waals surface area (Å²) in [6.07, 6.45) is 3.12. The fourth-order valence-corrected chi connectivity index (χ4v) is 4.52. The van der Waals surface area contributed by atoms with Gasteiger partial charge in [0.05, 0.1) is 6.54 Å². The second-order valence-corrected chi connectivity index (χ2v) is 8.67. The predicted octanol–water partition coefficient (Wildman–Crippen LogP) is 2.54. The van der Waals surface area contributed by atoms with E-state index >= 15 is 0 Å². The topological polar surface area (TPSA) is 77.6 Å². The lowest BCUT2D eigenvalue weighted by atomic mass is 9.96. The van der Waals surface area contributed by atoms with Crippen LogP contribution < -0.4 is 0 Å². The number of hydrogen-bond donors (Lipinski definition) is 0. The number of rotatable bonds is 8. The minimum Gasteiger partial charge on any atom is -0.309 e. The lowest BCUT2D eigenvalue weighted by Gasteiger charge is -2.30. The highest BCUT2D eigenvalue weighted by Crippen LogP contribution is 2.29. The molecule has 154 valence electrons. The molecule has 0 atom stereocenters. The van der Waals surface area contributed by atoms with Crippen molar-refractivity contribution in [3.63, 3.8) is 0 Å². The quantitative estimate of drug-likeness (QED) is 0.526. The number of nitrogens with zero attached hydrogens (tertiary/aromatic N) is 8.